The molecule has 0 aliphatic rings. The lowest BCUT2D eigenvalue weighted by molar-refractivity contribution is 0.874. The summed E-state index contributed by atoms with van der Waals surface area (Å²) in [6.07, 6.45) is 4.84. The summed E-state index contributed by atoms with van der Waals surface area (Å²) in [6, 6.07) is 4.70. The number of hydrogen-bond donors (Lipinski definition) is 0. The summed E-state index contributed by atoms with van der Waals surface area (Å²) in [5.41, 5.74) is 6.15. The van der Waals surface area contributed by atoms with Gasteiger partial charge in [0.05, 0.1) is 0 Å². The first-order chi connectivity index (χ1) is 6.72. The van der Waals surface area contributed by atoms with Crippen LogP contribution in [0.3, 0.4) is 0 Å². The lowest BCUT2D eigenvalue weighted by Gasteiger charge is -2.13. The van der Waals surface area contributed by atoms with Crippen molar-refractivity contribution in [2.75, 3.05) is 0 Å². The molecular formula is C14H22. The summed E-state index contributed by atoms with van der Waals surface area (Å²) < 4.78 is 0. The van der Waals surface area contributed by atoms with E-state index in [9.17, 15) is 0 Å². The van der Waals surface area contributed by atoms with Gasteiger partial charge in [-0.25, -0.2) is 0 Å². The van der Waals surface area contributed by atoms with Gasteiger partial charge >= 0.3 is 0 Å². The Labute approximate surface area is 88.4 Å². The maximum atomic E-state index is 2.35. The lowest BCUT2D eigenvalue weighted by Crippen LogP contribution is -1.99. The zero-order valence-corrected chi connectivity index (χ0v) is 9.98. The van der Waals surface area contributed by atoms with E-state index in [1.54, 1.807) is 16.7 Å². The van der Waals surface area contributed by atoms with Crippen molar-refractivity contribution in [3.8, 4) is 0 Å². The molecule has 1 aromatic rings. The molecule has 0 heteroatoms. The Kier molecular flexibility index (Phi) is 4.19. The quantitative estimate of drug-likeness (QED) is 0.671. The molecule has 0 aliphatic heterocycles. The molecule has 1 rings (SSSR count). The highest BCUT2D eigenvalue weighted by Crippen LogP contribution is 2.20. The molecule has 0 bridgehead atoms. The third kappa shape index (κ3) is 2.37. The summed E-state index contributed by atoms with van der Waals surface area (Å²) in [4.78, 5) is 0. The zero-order valence-electron chi connectivity index (χ0n) is 9.98. The first kappa shape index (κ1) is 11.3. The molecule has 0 radical (unpaired) electrons. The molecular weight excluding hydrogens is 168 g/mol. The smallest absolute Gasteiger partial charge is 0.0276 e. The molecule has 0 aliphatic carbocycles. The topological polar surface area (TPSA) is 0 Å². The predicted molar refractivity (Wildman–Crippen MR) is 63.9 cm³/mol. The van der Waals surface area contributed by atoms with Gasteiger partial charge in [-0.1, -0.05) is 44.9 Å². The normalized spacial score (nSPS) is 10.6. The summed E-state index contributed by atoms with van der Waals surface area (Å²) in [6.45, 7) is 8.98. The summed E-state index contributed by atoms with van der Waals surface area (Å²) in [7, 11) is 0. The van der Waals surface area contributed by atoms with Gasteiger partial charge in [0.1, 0.15) is 0 Å². The van der Waals surface area contributed by atoms with Crippen LogP contribution in [-0.4, -0.2) is 0 Å². The monoisotopic (exact) mass is 190 g/mol. The van der Waals surface area contributed by atoms with E-state index in [1.807, 2.05) is 0 Å². The molecule has 0 N–H and O–H groups in total. The molecule has 14 heavy (non-hydrogen) atoms. The Morgan fingerprint density at radius 2 is 1.43 bits per heavy atom. The van der Waals surface area contributed by atoms with Gasteiger partial charge in [0.2, 0.25) is 0 Å². The van der Waals surface area contributed by atoms with E-state index in [-0.39, 0.29) is 0 Å². The average Bonchev–Trinajstić information content (AvgIpc) is 2.20. The van der Waals surface area contributed by atoms with Crippen molar-refractivity contribution in [1.82, 2.24) is 0 Å². The van der Waals surface area contributed by atoms with Crippen LogP contribution in [-0.2, 0) is 19.3 Å². The minimum absolute atomic E-state index is 1.17. The van der Waals surface area contributed by atoms with Crippen LogP contribution in [0.1, 0.15) is 49.4 Å². The third-order valence-corrected chi connectivity index (χ3v) is 2.84. The van der Waals surface area contributed by atoms with Crippen LogP contribution in [0.25, 0.3) is 0 Å². The standard InChI is InChI=1S/C14H22/c1-5-8-14-12(6-2)9-11(4)10-13(14)7-3/h9-10H,5-8H2,1-4H3. The van der Waals surface area contributed by atoms with Crippen molar-refractivity contribution in [3.63, 3.8) is 0 Å². The maximum Gasteiger partial charge on any atom is -0.0276 e. The van der Waals surface area contributed by atoms with Crippen LogP contribution in [0.2, 0.25) is 0 Å². The number of rotatable bonds is 4. The summed E-state index contributed by atoms with van der Waals surface area (Å²) in [5, 5.41) is 0. The van der Waals surface area contributed by atoms with Gasteiger partial charge in [0.15, 0.2) is 0 Å². The van der Waals surface area contributed by atoms with Crippen molar-refractivity contribution in [1.29, 1.82) is 0 Å². The highest BCUT2D eigenvalue weighted by Gasteiger charge is 2.06. The fraction of sp³-hybridized carbons (Fsp3) is 0.571. The van der Waals surface area contributed by atoms with Gasteiger partial charge in [-0.3, -0.25) is 0 Å². The molecule has 0 unspecified atom stereocenters. The largest absolute Gasteiger partial charge is 0.0651 e. The summed E-state index contributed by atoms with van der Waals surface area (Å²) >= 11 is 0. The van der Waals surface area contributed by atoms with Crippen LogP contribution in [0.15, 0.2) is 12.1 Å². The van der Waals surface area contributed by atoms with E-state index in [0.717, 1.165) is 0 Å². The molecule has 0 aromatic heterocycles. The SMILES string of the molecule is CCCc1c(CC)cc(C)cc1CC. The maximum absolute atomic E-state index is 2.35. The number of benzene rings is 1. The van der Waals surface area contributed by atoms with Gasteiger partial charge in [-0.05, 0) is 42.9 Å². The van der Waals surface area contributed by atoms with Gasteiger partial charge in [-0.2, -0.15) is 0 Å². The highest BCUT2D eigenvalue weighted by molar-refractivity contribution is 5.39. The molecule has 0 atom stereocenters. The van der Waals surface area contributed by atoms with Crippen LogP contribution >= 0.6 is 0 Å². The molecule has 0 saturated carbocycles. The van der Waals surface area contributed by atoms with Crippen LogP contribution in [0.4, 0.5) is 0 Å². The third-order valence-electron chi connectivity index (χ3n) is 2.84. The molecule has 0 amide bonds. The van der Waals surface area contributed by atoms with Crippen molar-refractivity contribution in [2.45, 2.75) is 53.4 Å². The Morgan fingerprint density at radius 3 is 1.79 bits per heavy atom. The van der Waals surface area contributed by atoms with E-state index < -0.39 is 0 Å². The highest BCUT2D eigenvalue weighted by atomic mass is 14.1. The van der Waals surface area contributed by atoms with Crippen molar-refractivity contribution in [3.05, 3.63) is 34.4 Å². The Bertz CT molecular complexity index is 272. The second-order valence-corrected chi connectivity index (χ2v) is 4.02. The van der Waals surface area contributed by atoms with Crippen molar-refractivity contribution < 1.29 is 0 Å². The zero-order chi connectivity index (χ0) is 10.6. The van der Waals surface area contributed by atoms with Crippen LogP contribution in [0.5, 0.6) is 0 Å². The Hall–Kier alpha value is -0.780. The summed E-state index contributed by atoms with van der Waals surface area (Å²) in [5.74, 6) is 0. The van der Waals surface area contributed by atoms with Gasteiger partial charge in [-0.15, -0.1) is 0 Å². The van der Waals surface area contributed by atoms with Gasteiger partial charge in [0.25, 0.3) is 0 Å². The first-order valence-corrected chi connectivity index (χ1v) is 5.84. The fourth-order valence-corrected chi connectivity index (χ4v) is 2.17. The second-order valence-electron chi connectivity index (χ2n) is 4.02. The molecule has 0 spiro atoms. The molecule has 0 fully saturated rings. The van der Waals surface area contributed by atoms with Crippen LogP contribution in [0, 0.1) is 6.92 Å². The molecule has 0 saturated heterocycles. The van der Waals surface area contributed by atoms with Crippen LogP contribution < -0.4 is 0 Å². The minimum atomic E-state index is 1.17. The van der Waals surface area contributed by atoms with Crippen molar-refractivity contribution in [2.24, 2.45) is 0 Å². The Balaban J connectivity index is 3.18. The second kappa shape index (κ2) is 5.19. The number of hydrogen-bond acceptors (Lipinski definition) is 0. The Morgan fingerprint density at radius 1 is 0.929 bits per heavy atom. The van der Waals surface area contributed by atoms with Gasteiger partial charge in [0, 0.05) is 0 Å². The van der Waals surface area contributed by atoms with E-state index in [4.69, 9.17) is 0 Å². The fourth-order valence-electron chi connectivity index (χ4n) is 2.17. The molecule has 0 heterocycles. The minimum Gasteiger partial charge on any atom is -0.0651 e. The van der Waals surface area contributed by atoms with E-state index in [2.05, 4.69) is 39.8 Å². The van der Waals surface area contributed by atoms with E-state index in [1.165, 1.54) is 31.2 Å². The lowest BCUT2D eigenvalue weighted by atomic mass is 9.92. The number of aryl methyl sites for hydroxylation is 3. The molecule has 78 valence electrons. The first-order valence-electron chi connectivity index (χ1n) is 5.84. The van der Waals surface area contributed by atoms with Crippen molar-refractivity contribution >= 4 is 0 Å². The average molecular weight is 190 g/mol. The predicted octanol–water partition coefficient (Wildman–Crippen LogP) is 4.07. The molecule has 0 nitrogen and oxygen atoms in total. The van der Waals surface area contributed by atoms with E-state index >= 15 is 0 Å². The molecule has 1 aromatic carbocycles. The van der Waals surface area contributed by atoms with Gasteiger partial charge < -0.3 is 0 Å². The van der Waals surface area contributed by atoms with E-state index in [0.29, 0.717) is 0 Å².